The van der Waals surface area contributed by atoms with E-state index in [9.17, 15) is 14.7 Å². The monoisotopic (exact) mass is 289 g/mol. The smallest absolute Gasteiger partial charge is 0.310 e. The zero-order valence-electron chi connectivity index (χ0n) is 12.0. The number of likely N-dealkylation sites (tertiary alicyclic amines) is 1. The number of aromatic hydroxyl groups is 1. The fraction of sp³-hybridized carbons (Fsp3) is 0.375. The van der Waals surface area contributed by atoms with Crippen molar-refractivity contribution >= 4 is 18.0 Å². The summed E-state index contributed by atoms with van der Waals surface area (Å²) in [7, 11) is 1.37. The van der Waals surface area contributed by atoms with Gasteiger partial charge in [0.1, 0.15) is 5.75 Å². The van der Waals surface area contributed by atoms with E-state index in [0.29, 0.717) is 13.1 Å². The molecule has 21 heavy (non-hydrogen) atoms. The molecule has 0 bridgehead atoms. The van der Waals surface area contributed by atoms with Crippen molar-refractivity contribution in [2.24, 2.45) is 5.92 Å². The first-order valence-electron chi connectivity index (χ1n) is 6.94. The van der Waals surface area contributed by atoms with E-state index in [1.807, 2.05) is 0 Å². The van der Waals surface area contributed by atoms with Crippen LogP contribution in [-0.2, 0) is 14.3 Å². The van der Waals surface area contributed by atoms with Crippen molar-refractivity contribution in [3.63, 3.8) is 0 Å². The molecule has 1 atom stereocenters. The minimum absolute atomic E-state index is 0.114. The minimum Gasteiger partial charge on any atom is -0.508 e. The summed E-state index contributed by atoms with van der Waals surface area (Å²) < 4.78 is 4.74. The van der Waals surface area contributed by atoms with Gasteiger partial charge in [-0.3, -0.25) is 9.59 Å². The molecule has 0 aliphatic carbocycles. The van der Waals surface area contributed by atoms with Crippen LogP contribution in [0.2, 0.25) is 0 Å². The van der Waals surface area contributed by atoms with Crippen molar-refractivity contribution in [3.8, 4) is 5.75 Å². The van der Waals surface area contributed by atoms with E-state index in [2.05, 4.69) is 0 Å². The zero-order chi connectivity index (χ0) is 15.2. The van der Waals surface area contributed by atoms with E-state index in [-0.39, 0.29) is 23.5 Å². The van der Waals surface area contributed by atoms with Crippen LogP contribution in [0, 0.1) is 5.92 Å². The number of phenols is 1. The van der Waals surface area contributed by atoms with Crippen molar-refractivity contribution in [1.29, 1.82) is 0 Å². The molecule has 1 fully saturated rings. The normalized spacial score (nSPS) is 18.7. The summed E-state index contributed by atoms with van der Waals surface area (Å²) in [5.41, 5.74) is 0.836. The van der Waals surface area contributed by atoms with E-state index >= 15 is 0 Å². The third-order valence-electron chi connectivity index (χ3n) is 3.58. The maximum absolute atomic E-state index is 12.1. The van der Waals surface area contributed by atoms with Crippen LogP contribution < -0.4 is 0 Å². The summed E-state index contributed by atoms with van der Waals surface area (Å²) in [5.74, 6) is -0.406. The molecule has 0 aromatic heterocycles. The van der Waals surface area contributed by atoms with E-state index in [1.54, 1.807) is 35.2 Å². The summed E-state index contributed by atoms with van der Waals surface area (Å²) in [4.78, 5) is 25.3. The van der Waals surface area contributed by atoms with Gasteiger partial charge < -0.3 is 14.7 Å². The number of methoxy groups -OCH3 is 1. The Morgan fingerprint density at radius 3 is 2.71 bits per heavy atom. The molecule has 1 saturated heterocycles. The summed E-state index contributed by atoms with van der Waals surface area (Å²) in [6.45, 7) is 1.07. The Morgan fingerprint density at radius 1 is 1.33 bits per heavy atom. The van der Waals surface area contributed by atoms with Crippen LogP contribution in [0.15, 0.2) is 30.3 Å². The molecule has 1 aliphatic rings. The number of nitrogens with zero attached hydrogens (tertiary/aromatic N) is 1. The summed E-state index contributed by atoms with van der Waals surface area (Å²) in [6, 6.07) is 6.59. The Morgan fingerprint density at radius 2 is 2.05 bits per heavy atom. The van der Waals surface area contributed by atoms with Gasteiger partial charge in [0.25, 0.3) is 0 Å². The average Bonchev–Trinajstić information content (AvgIpc) is 2.53. The number of rotatable bonds is 3. The molecule has 1 aromatic rings. The van der Waals surface area contributed by atoms with Crippen LogP contribution in [0.25, 0.3) is 6.08 Å². The summed E-state index contributed by atoms with van der Waals surface area (Å²) in [5, 5.41) is 9.20. The molecule has 1 amide bonds. The molecule has 1 N–H and O–H groups in total. The van der Waals surface area contributed by atoms with E-state index < -0.39 is 0 Å². The first kappa shape index (κ1) is 15.1. The number of ether oxygens (including phenoxy) is 1. The fourth-order valence-electron chi connectivity index (χ4n) is 2.39. The number of amides is 1. The lowest BCUT2D eigenvalue weighted by Gasteiger charge is -2.30. The maximum atomic E-state index is 12.1. The Bertz CT molecular complexity index is 536. The first-order valence-corrected chi connectivity index (χ1v) is 6.94. The molecular weight excluding hydrogens is 270 g/mol. The van der Waals surface area contributed by atoms with Crippen molar-refractivity contribution in [2.45, 2.75) is 12.8 Å². The van der Waals surface area contributed by atoms with Crippen molar-refractivity contribution in [1.82, 2.24) is 4.90 Å². The van der Waals surface area contributed by atoms with Crippen LogP contribution in [-0.4, -0.2) is 42.1 Å². The third-order valence-corrected chi connectivity index (χ3v) is 3.58. The highest BCUT2D eigenvalue weighted by Crippen LogP contribution is 2.18. The maximum Gasteiger partial charge on any atom is 0.310 e. The van der Waals surface area contributed by atoms with Crippen molar-refractivity contribution < 1.29 is 19.4 Å². The molecule has 0 radical (unpaired) electrons. The second kappa shape index (κ2) is 6.92. The van der Waals surface area contributed by atoms with E-state index in [0.717, 1.165) is 18.4 Å². The topological polar surface area (TPSA) is 66.8 Å². The Hall–Kier alpha value is -2.30. The second-order valence-corrected chi connectivity index (χ2v) is 5.07. The molecule has 5 nitrogen and oxygen atoms in total. The van der Waals surface area contributed by atoms with E-state index in [1.165, 1.54) is 13.2 Å². The van der Waals surface area contributed by atoms with Crippen molar-refractivity contribution in [3.05, 3.63) is 35.9 Å². The van der Waals surface area contributed by atoms with Crippen LogP contribution in [0.4, 0.5) is 0 Å². The van der Waals surface area contributed by atoms with Crippen LogP contribution in [0.1, 0.15) is 18.4 Å². The molecular formula is C16H19NO4. The predicted molar refractivity (Wildman–Crippen MR) is 78.5 cm³/mol. The molecule has 0 saturated carbocycles. The Labute approximate surface area is 123 Å². The molecule has 1 aromatic carbocycles. The molecule has 0 unspecified atom stereocenters. The minimum atomic E-state index is -0.255. The highest BCUT2D eigenvalue weighted by atomic mass is 16.5. The van der Waals surface area contributed by atoms with Gasteiger partial charge in [0.15, 0.2) is 0 Å². The van der Waals surface area contributed by atoms with Crippen LogP contribution >= 0.6 is 0 Å². The zero-order valence-corrected chi connectivity index (χ0v) is 12.0. The molecule has 5 heteroatoms. The van der Waals surface area contributed by atoms with Crippen molar-refractivity contribution in [2.75, 3.05) is 20.2 Å². The number of hydrogen-bond donors (Lipinski definition) is 1. The van der Waals surface area contributed by atoms with Gasteiger partial charge in [0.05, 0.1) is 13.0 Å². The van der Waals surface area contributed by atoms with Gasteiger partial charge in [-0.15, -0.1) is 0 Å². The number of esters is 1. The van der Waals surface area contributed by atoms with Gasteiger partial charge in [0.2, 0.25) is 5.91 Å². The van der Waals surface area contributed by atoms with Gasteiger partial charge in [0, 0.05) is 19.2 Å². The van der Waals surface area contributed by atoms with Gasteiger partial charge in [-0.05, 0) is 36.6 Å². The fourth-order valence-corrected chi connectivity index (χ4v) is 2.39. The lowest BCUT2D eigenvalue weighted by atomic mass is 9.98. The SMILES string of the molecule is COC(=O)[C@H]1CCCN(C(=O)/C=C/c2ccc(O)cc2)C1. The Kier molecular flexibility index (Phi) is 4.98. The number of phenolic OH excluding ortho intramolecular Hbond substituents is 1. The number of piperidine rings is 1. The lowest BCUT2D eigenvalue weighted by Crippen LogP contribution is -2.41. The van der Waals surface area contributed by atoms with Crippen LogP contribution in [0.3, 0.4) is 0 Å². The van der Waals surface area contributed by atoms with Gasteiger partial charge in [-0.1, -0.05) is 12.1 Å². The highest BCUT2D eigenvalue weighted by Gasteiger charge is 2.28. The second-order valence-electron chi connectivity index (χ2n) is 5.07. The molecule has 2 rings (SSSR count). The third kappa shape index (κ3) is 4.08. The number of benzene rings is 1. The summed E-state index contributed by atoms with van der Waals surface area (Å²) >= 11 is 0. The standard InChI is InChI=1S/C16H19NO4/c1-21-16(20)13-3-2-10-17(11-13)15(19)9-6-12-4-7-14(18)8-5-12/h4-9,13,18H,2-3,10-11H2,1H3/b9-6+/t13-/m0/s1. The average molecular weight is 289 g/mol. The first-order chi connectivity index (χ1) is 10.1. The Balaban J connectivity index is 1.96. The predicted octanol–water partition coefficient (Wildman–Crippen LogP) is 1.82. The van der Waals surface area contributed by atoms with Gasteiger partial charge in [-0.25, -0.2) is 0 Å². The summed E-state index contributed by atoms with van der Waals surface area (Å²) in [6.07, 6.45) is 4.76. The molecule has 0 spiro atoms. The number of carbonyl (C=O) groups is 2. The van der Waals surface area contributed by atoms with Gasteiger partial charge >= 0.3 is 5.97 Å². The number of hydrogen-bond acceptors (Lipinski definition) is 4. The molecule has 112 valence electrons. The molecule has 1 heterocycles. The quantitative estimate of drug-likeness (QED) is 0.681. The van der Waals surface area contributed by atoms with Gasteiger partial charge in [-0.2, -0.15) is 0 Å². The van der Waals surface area contributed by atoms with Crippen LogP contribution in [0.5, 0.6) is 5.75 Å². The number of carbonyl (C=O) groups excluding carboxylic acids is 2. The lowest BCUT2D eigenvalue weighted by molar-refractivity contribution is -0.148. The van der Waals surface area contributed by atoms with E-state index in [4.69, 9.17) is 4.74 Å². The largest absolute Gasteiger partial charge is 0.508 e. The highest BCUT2D eigenvalue weighted by molar-refractivity contribution is 5.92. The molecule has 1 aliphatic heterocycles.